The molecule has 4 nitrogen and oxygen atoms in total. The highest BCUT2D eigenvalue weighted by atomic mass is 35.5. The van der Waals surface area contributed by atoms with Crippen LogP contribution in [-0.4, -0.2) is 17.0 Å². The smallest absolute Gasteiger partial charge is 0.306 e. The van der Waals surface area contributed by atoms with Gasteiger partial charge < -0.3 is 10.4 Å². The zero-order valence-electron chi connectivity index (χ0n) is 10.7. The number of hydrogen-bond donors (Lipinski definition) is 2. The topological polar surface area (TPSA) is 66.4 Å². The van der Waals surface area contributed by atoms with Gasteiger partial charge in [-0.25, -0.2) is 4.39 Å². The Morgan fingerprint density at radius 2 is 1.80 bits per heavy atom. The molecule has 2 rings (SSSR count). The zero-order valence-corrected chi connectivity index (χ0v) is 11.5. The molecule has 1 aliphatic rings. The molecule has 6 heteroatoms. The Balaban J connectivity index is 1.96. The molecule has 0 spiro atoms. The van der Waals surface area contributed by atoms with E-state index in [9.17, 15) is 14.0 Å². The van der Waals surface area contributed by atoms with E-state index in [0.717, 1.165) is 0 Å². The molecule has 1 aromatic rings. The lowest BCUT2D eigenvalue weighted by Crippen LogP contribution is -2.29. The molecule has 0 unspecified atom stereocenters. The molecule has 0 saturated heterocycles. The van der Waals surface area contributed by atoms with Crippen molar-refractivity contribution in [3.05, 3.63) is 29.0 Å². The summed E-state index contributed by atoms with van der Waals surface area (Å²) in [5, 5.41) is 11.8. The normalized spacial score (nSPS) is 22.3. The molecular weight excluding hydrogens is 285 g/mol. The number of rotatable bonds is 3. The predicted molar refractivity (Wildman–Crippen MR) is 73.1 cm³/mol. The Labute approximate surface area is 120 Å². The van der Waals surface area contributed by atoms with Gasteiger partial charge in [0.15, 0.2) is 0 Å². The van der Waals surface area contributed by atoms with E-state index in [4.69, 9.17) is 16.7 Å². The van der Waals surface area contributed by atoms with Crippen molar-refractivity contribution < 1.29 is 19.1 Å². The molecule has 1 amide bonds. The van der Waals surface area contributed by atoms with Gasteiger partial charge in [-0.1, -0.05) is 11.6 Å². The number of carbonyl (C=O) groups excluding carboxylic acids is 1. The maximum atomic E-state index is 13.1. The first-order valence-corrected chi connectivity index (χ1v) is 6.84. The molecule has 108 valence electrons. The van der Waals surface area contributed by atoms with Crippen molar-refractivity contribution in [3.8, 4) is 0 Å². The molecule has 0 radical (unpaired) electrons. The predicted octanol–water partition coefficient (Wildman–Crippen LogP) is 3.31. The van der Waals surface area contributed by atoms with Gasteiger partial charge in [-0.15, -0.1) is 0 Å². The van der Waals surface area contributed by atoms with Crippen LogP contribution in [0.25, 0.3) is 0 Å². The fourth-order valence-corrected chi connectivity index (χ4v) is 2.60. The van der Waals surface area contributed by atoms with Crippen molar-refractivity contribution in [2.24, 2.45) is 11.8 Å². The Morgan fingerprint density at radius 3 is 2.40 bits per heavy atom. The summed E-state index contributed by atoms with van der Waals surface area (Å²) in [6.07, 6.45) is 2.03. The van der Waals surface area contributed by atoms with Crippen LogP contribution in [0.4, 0.5) is 10.1 Å². The molecule has 0 heterocycles. The van der Waals surface area contributed by atoms with E-state index >= 15 is 0 Å². The van der Waals surface area contributed by atoms with Crippen molar-refractivity contribution in [1.82, 2.24) is 0 Å². The van der Waals surface area contributed by atoms with Crippen LogP contribution in [0.5, 0.6) is 0 Å². The van der Waals surface area contributed by atoms with Crippen molar-refractivity contribution in [1.29, 1.82) is 0 Å². The van der Waals surface area contributed by atoms with E-state index in [0.29, 0.717) is 25.7 Å². The summed E-state index contributed by atoms with van der Waals surface area (Å²) in [5.41, 5.74) is 0.247. The summed E-state index contributed by atoms with van der Waals surface area (Å²) < 4.78 is 13.1. The van der Waals surface area contributed by atoms with Gasteiger partial charge in [0.2, 0.25) is 5.91 Å². The van der Waals surface area contributed by atoms with Gasteiger partial charge in [-0.3, -0.25) is 9.59 Å². The van der Waals surface area contributed by atoms with Crippen LogP contribution in [0, 0.1) is 17.7 Å². The minimum atomic E-state index is -0.808. The number of benzene rings is 1. The van der Waals surface area contributed by atoms with E-state index in [1.807, 2.05) is 0 Å². The second-order valence-electron chi connectivity index (χ2n) is 5.00. The van der Waals surface area contributed by atoms with Crippen LogP contribution in [0.15, 0.2) is 18.2 Å². The van der Waals surface area contributed by atoms with Gasteiger partial charge in [0, 0.05) is 5.92 Å². The third-order valence-electron chi connectivity index (χ3n) is 3.63. The van der Waals surface area contributed by atoms with Gasteiger partial charge >= 0.3 is 5.97 Å². The largest absolute Gasteiger partial charge is 0.481 e. The number of halogens is 2. The number of anilines is 1. The minimum Gasteiger partial charge on any atom is -0.481 e. The lowest BCUT2D eigenvalue weighted by molar-refractivity contribution is -0.143. The third-order valence-corrected chi connectivity index (χ3v) is 3.96. The summed E-state index contributed by atoms with van der Waals surface area (Å²) in [6, 6.07) is 3.77. The number of nitrogens with one attached hydrogen (secondary N) is 1. The summed E-state index contributed by atoms with van der Waals surface area (Å²) >= 11 is 5.88. The Bertz CT molecular complexity index is 527. The summed E-state index contributed by atoms with van der Waals surface area (Å²) in [7, 11) is 0. The second-order valence-corrected chi connectivity index (χ2v) is 5.41. The SMILES string of the molecule is O=C(O)C1CCC(C(=O)Nc2cc(F)ccc2Cl)CC1. The van der Waals surface area contributed by atoms with Gasteiger partial charge in [0.25, 0.3) is 0 Å². The first kappa shape index (κ1) is 14.8. The molecular formula is C14H15ClFNO3. The molecule has 1 aliphatic carbocycles. The maximum Gasteiger partial charge on any atom is 0.306 e. The average molecular weight is 300 g/mol. The number of carboxylic acids is 1. The van der Waals surface area contributed by atoms with Crippen LogP contribution in [0.1, 0.15) is 25.7 Å². The molecule has 1 saturated carbocycles. The van der Waals surface area contributed by atoms with E-state index in [1.165, 1.54) is 18.2 Å². The van der Waals surface area contributed by atoms with Gasteiger partial charge in [-0.2, -0.15) is 0 Å². The molecule has 20 heavy (non-hydrogen) atoms. The minimum absolute atomic E-state index is 0.235. The fraction of sp³-hybridized carbons (Fsp3) is 0.429. The van der Waals surface area contributed by atoms with E-state index in [-0.39, 0.29) is 28.5 Å². The number of hydrogen-bond acceptors (Lipinski definition) is 2. The highest BCUT2D eigenvalue weighted by Gasteiger charge is 2.29. The third kappa shape index (κ3) is 3.48. The van der Waals surface area contributed by atoms with Crippen LogP contribution in [0.3, 0.4) is 0 Å². The summed E-state index contributed by atoms with van der Waals surface area (Å²) in [5.74, 6) is -2.13. The first-order valence-electron chi connectivity index (χ1n) is 6.46. The van der Waals surface area contributed by atoms with Crippen molar-refractivity contribution in [3.63, 3.8) is 0 Å². The monoisotopic (exact) mass is 299 g/mol. The molecule has 0 bridgehead atoms. The molecule has 2 N–H and O–H groups in total. The fourth-order valence-electron chi connectivity index (χ4n) is 2.43. The number of carbonyl (C=O) groups is 2. The zero-order chi connectivity index (χ0) is 14.7. The van der Waals surface area contributed by atoms with E-state index in [2.05, 4.69) is 5.32 Å². The second kappa shape index (κ2) is 6.22. The first-order chi connectivity index (χ1) is 9.47. The van der Waals surface area contributed by atoms with Crippen LogP contribution < -0.4 is 5.32 Å². The quantitative estimate of drug-likeness (QED) is 0.900. The van der Waals surface area contributed by atoms with Crippen molar-refractivity contribution in [2.45, 2.75) is 25.7 Å². The molecule has 1 fully saturated rings. The Morgan fingerprint density at radius 1 is 1.20 bits per heavy atom. The lowest BCUT2D eigenvalue weighted by Gasteiger charge is -2.25. The lowest BCUT2D eigenvalue weighted by atomic mass is 9.81. The maximum absolute atomic E-state index is 13.1. The number of amides is 1. The standard InChI is InChI=1S/C14H15ClFNO3/c15-11-6-5-10(16)7-12(11)17-13(18)8-1-3-9(4-2-8)14(19)20/h5-9H,1-4H2,(H,17,18)(H,19,20). The van der Waals surface area contributed by atoms with Crippen LogP contribution in [0.2, 0.25) is 5.02 Å². The van der Waals surface area contributed by atoms with Crippen LogP contribution >= 0.6 is 11.6 Å². The Hall–Kier alpha value is -1.62. The number of aliphatic carboxylic acids is 1. The Kier molecular flexibility index (Phi) is 4.60. The molecule has 1 aromatic carbocycles. The van der Waals surface area contributed by atoms with Gasteiger partial charge in [0.05, 0.1) is 16.6 Å². The molecule has 0 atom stereocenters. The average Bonchev–Trinajstić information content (AvgIpc) is 2.43. The van der Waals surface area contributed by atoms with Gasteiger partial charge in [-0.05, 0) is 43.9 Å². The van der Waals surface area contributed by atoms with Crippen molar-refractivity contribution in [2.75, 3.05) is 5.32 Å². The van der Waals surface area contributed by atoms with Crippen molar-refractivity contribution >= 4 is 29.2 Å². The number of carboxylic acid groups (broad SMARTS) is 1. The highest BCUT2D eigenvalue weighted by molar-refractivity contribution is 6.33. The highest BCUT2D eigenvalue weighted by Crippen LogP contribution is 2.31. The molecule has 0 aliphatic heterocycles. The summed E-state index contributed by atoms with van der Waals surface area (Å²) in [4.78, 5) is 22.9. The van der Waals surface area contributed by atoms with Gasteiger partial charge in [0.1, 0.15) is 5.82 Å². The molecule has 0 aromatic heterocycles. The van der Waals surface area contributed by atoms with Crippen LogP contribution in [-0.2, 0) is 9.59 Å². The van der Waals surface area contributed by atoms with E-state index in [1.54, 1.807) is 0 Å². The summed E-state index contributed by atoms with van der Waals surface area (Å²) in [6.45, 7) is 0. The van der Waals surface area contributed by atoms with E-state index < -0.39 is 11.8 Å².